The van der Waals surface area contributed by atoms with E-state index in [1.54, 1.807) is 0 Å². The number of thioether (sulfide) groups is 1. The minimum absolute atomic E-state index is 0.0827. The number of nitrogens with one attached hydrogen (secondary N) is 2. The molecule has 0 atom stereocenters. The van der Waals surface area contributed by atoms with Crippen LogP contribution in [0, 0.1) is 0 Å². The summed E-state index contributed by atoms with van der Waals surface area (Å²) in [6.07, 6.45) is 2.12. The van der Waals surface area contributed by atoms with Gasteiger partial charge in [0.25, 0.3) is 5.91 Å². The number of hydrogen-bond acceptors (Lipinski definition) is 3. The third-order valence-electron chi connectivity index (χ3n) is 4.25. The van der Waals surface area contributed by atoms with Gasteiger partial charge in [0.1, 0.15) is 0 Å². The van der Waals surface area contributed by atoms with Gasteiger partial charge in [-0.3, -0.25) is 4.79 Å². The normalized spacial score (nSPS) is 12.0. The van der Waals surface area contributed by atoms with Crippen LogP contribution in [0.15, 0.2) is 29.3 Å². The summed E-state index contributed by atoms with van der Waals surface area (Å²) in [7, 11) is 0. The summed E-state index contributed by atoms with van der Waals surface area (Å²) in [6.45, 7) is 14.2. The van der Waals surface area contributed by atoms with Crippen molar-refractivity contribution < 1.29 is 4.79 Å². The van der Waals surface area contributed by atoms with Gasteiger partial charge in [-0.1, -0.05) is 12.1 Å². The molecule has 146 valence electrons. The van der Waals surface area contributed by atoms with Gasteiger partial charge in [-0.2, -0.15) is 11.8 Å². The number of benzene rings is 1. The molecular formula is C20H34N4OS. The zero-order valence-electron chi connectivity index (χ0n) is 17.1. The second kappa shape index (κ2) is 11.1. The molecule has 0 fully saturated rings. The van der Waals surface area contributed by atoms with Crippen molar-refractivity contribution in [2.45, 2.75) is 45.9 Å². The summed E-state index contributed by atoms with van der Waals surface area (Å²) in [5.41, 5.74) is 1.82. The Hall–Kier alpha value is -1.69. The number of guanidine groups is 1. The molecule has 0 unspecified atom stereocenters. The number of hydrogen-bond donors (Lipinski definition) is 2. The predicted molar refractivity (Wildman–Crippen MR) is 114 cm³/mol. The van der Waals surface area contributed by atoms with E-state index in [-0.39, 0.29) is 10.7 Å². The number of carbonyl (C=O) groups excluding carboxylic acids is 1. The first kappa shape index (κ1) is 22.4. The minimum Gasteiger partial charge on any atom is -0.357 e. The Balaban J connectivity index is 2.73. The van der Waals surface area contributed by atoms with Crippen LogP contribution in [0.1, 0.15) is 50.5 Å². The summed E-state index contributed by atoms with van der Waals surface area (Å²) in [6, 6.07) is 7.75. The van der Waals surface area contributed by atoms with Crippen LogP contribution in [0.25, 0.3) is 0 Å². The van der Waals surface area contributed by atoms with Crippen molar-refractivity contribution in [1.82, 2.24) is 15.5 Å². The zero-order valence-corrected chi connectivity index (χ0v) is 17.9. The van der Waals surface area contributed by atoms with Crippen molar-refractivity contribution in [2.24, 2.45) is 4.99 Å². The van der Waals surface area contributed by atoms with E-state index in [0.717, 1.165) is 43.3 Å². The van der Waals surface area contributed by atoms with E-state index in [2.05, 4.69) is 42.7 Å². The number of rotatable bonds is 9. The molecule has 6 heteroatoms. The van der Waals surface area contributed by atoms with Crippen molar-refractivity contribution in [3.63, 3.8) is 0 Å². The SMILES string of the molecule is CCNC(=NCc1ccc(C(=O)N(CC)CC)cc1)NCC(C)(C)SC. The fourth-order valence-corrected chi connectivity index (χ4v) is 2.54. The molecular weight excluding hydrogens is 344 g/mol. The lowest BCUT2D eigenvalue weighted by Crippen LogP contribution is -2.43. The maximum atomic E-state index is 12.4. The minimum atomic E-state index is 0.0827. The summed E-state index contributed by atoms with van der Waals surface area (Å²) in [5.74, 6) is 0.900. The highest BCUT2D eigenvalue weighted by Crippen LogP contribution is 2.19. The van der Waals surface area contributed by atoms with Gasteiger partial charge >= 0.3 is 0 Å². The number of carbonyl (C=O) groups is 1. The maximum absolute atomic E-state index is 12.4. The molecule has 0 radical (unpaired) electrons. The second-order valence-electron chi connectivity index (χ2n) is 6.69. The highest BCUT2D eigenvalue weighted by atomic mass is 32.2. The molecule has 0 aliphatic carbocycles. The molecule has 0 heterocycles. The number of nitrogens with zero attached hydrogens (tertiary/aromatic N) is 2. The first-order valence-corrected chi connectivity index (χ1v) is 10.5. The lowest BCUT2D eigenvalue weighted by Gasteiger charge is -2.23. The molecule has 5 nitrogen and oxygen atoms in total. The van der Waals surface area contributed by atoms with E-state index in [0.29, 0.717) is 6.54 Å². The average molecular weight is 379 g/mol. The van der Waals surface area contributed by atoms with Crippen LogP contribution in [-0.2, 0) is 6.54 Å². The Morgan fingerprint density at radius 1 is 1.12 bits per heavy atom. The van der Waals surface area contributed by atoms with E-state index in [1.807, 2.05) is 54.8 Å². The zero-order chi connectivity index (χ0) is 19.6. The van der Waals surface area contributed by atoms with Gasteiger partial charge in [-0.05, 0) is 58.6 Å². The summed E-state index contributed by atoms with van der Waals surface area (Å²) in [5, 5.41) is 6.68. The molecule has 1 rings (SSSR count). The van der Waals surface area contributed by atoms with Crippen LogP contribution in [0.5, 0.6) is 0 Å². The molecule has 0 saturated carbocycles. The van der Waals surface area contributed by atoms with Crippen LogP contribution < -0.4 is 10.6 Å². The summed E-state index contributed by atoms with van der Waals surface area (Å²) < 4.78 is 0.155. The van der Waals surface area contributed by atoms with Crippen LogP contribution >= 0.6 is 11.8 Å². The van der Waals surface area contributed by atoms with Gasteiger partial charge in [0, 0.05) is 36.5 Å². The van der Waals surface area contributed by atoms with Gasteiger partial charge < -0.3 is 15.5 Å². The van der Waals surface area contributed by atoms with Crippen LogP contribution in [0.2, 0.25) is 0 Å². The van der Waals surface area contributed by atoms with Gasteiger partial charge in [0.15, 0.2) is 5.96 Å². The molecule has 0 spiro atoms. The van der Waals surface area contributed by atoms with E-state index >= 15 is 0 Å². The van der Waals surface area contributed by atoms with Crippen LogP contribution in [0.3, 0.4) is 0 Å². The van der Waals surface area contributed by atoms with E-state index in [1.165, 1.54) is 0 Å². The third kappa shape index (κ3) is 7.28. The molecule has 0 aromatic heterocycles. The fraction of sp³-hybridized carbons (Fsp3) is 0.600. The lowest BCUT2D eigenvalue weighted by molar-refractivity contribution is 0.0773. The van der Waals surface area contributed by atoms with E-state index in [9.17, 15) is 4.79 Å². The van der Waals surface area contributed by atoms with E-state index < -0.39 is 0 Å². The molecule has 0 aliphatic rings. The number of amides is 1. The maximum Gasteiger partial charge on any atom is 0.253 e. The van der Waals surface area contributed by atoms with Gasteiger partial charge in [-0.15, -0.1) is 0 Å². The summed E-state index contributed by atoms with van der Waals surface area (Å²) in [4.78, 5) is 18.8. The molecule has 0 saturated heterocycles. The second-order valence-corrected chi connectivity index (χ2v) is 8.20. The molecule has 0 bridgehead atoms. The monoisotopic (exact) mass is 378 g/mol. The Morgan fingerprint density at radius 3 is 2.23 bits per heavy atom. The molecule has 1 aromatic carbocycles. The van der Waals surface area contributed by atoms with Crippen molar-refractivity contribution in [3.05, 3.63) is 35.4 Å². The summed E-state index contributed by atoms with van der Waals surface area (Å²) >= 11 is 1.83. The fourth-order valence-electron chi connectivity index (χ4n) is 2.33. The Kier molecular flexibility index (Phi) is 9.55. The van der Waals surface area contributed by atoms with Crippen LogP contribution in [-0.4, -0.2) is 53.9 Å². The topological polar surface area (TPSA) is 56.7 Å². The highest BCUT2D eigenvalue weighted by Gasteiger charge is 2.16. The molecule has 1 amide bonds. The lowest BCUT2D eigenvalue weighted by atomic mass is 10.1. The Labute approximate surface area is 163 Å². The van der Waals surface area contributed by atoms with Crippen LogP contribution in [0.4, 0.5) is 0 Å². The molecule has 1 aromatic rings. The first-order valence-electron chi connectivity index (χ1n) is 9.32. The Bertz CT molecular complexity index is 580. The Morgan fingerprint density at radius 2 is 1.73 bits per heavy atom. The van der Waals surface area contributed by atoms with Gasteiger partial charge in [-0.25, -0.2) is 4.99 Å². The average Bonchev–Trinajstić information content (AvgIpc) is 2.65. The largest absolute Gasteiger partial charge is 0.357 e. The van der Waals surface area contributed by atoms with Crippen molar-refractivity contribution >= 4 is 23.6 Å². The first-order chi connectivity index (χ1) is 12.4. The van der Waals surface area contributed by atoms with E-state index in [4.69, 9.17) is 0 Å². The van der Waals surface area contributed by atoms with Crippen molar-refractivity contribution in [3.8, 4) is 0 Å². The van der Waals surface area contributed by atoms with Gasteiger partial charge in [0.05, 0.1) is 6.54 Å². The predicted octanol–water partition coefficient (Wildman–Crippen LogP) is 3.37. The number of aliphatic imine (C=N–C) groups is 1. The van der Waals surface area contributed by atoms with Gasteiger partial charge in [0.2, 0.25) is 0 Å². The smallest absolute Gasteiger partial charge is 0.253 e. The molecule has 0 aliphatic heterocycles. The standard InChI is InChI=1S/C20H34N4OS/c1-7-21-19(23-15-20(4,5)26-6)22-14-16-10-12-17(13-11-16)18(25)24(8-2)9-3/h10-13H,7-9,14-15H2,1-6H3,(H2,21,22,23). The highest BCUT2D eigenvalue weighted by molar-refractivity contribution is 7.99. The quantitative estimate of drug-likeness (QED) is 0.511. The molecule has 2 N–H and O–H groups in total. The third-order valence-corrected chi connectivity index (χ3v) is 5.50. The molecule has 26 heavy (non-hydrogen) atoms. The van der Waals surface area contributed by atoms with Crippen molar-refractivity contribution in [2.75, 3.05) is 32.4 Å². The van der Waals surface area contributed by atoms with Crippen molar-refractivity contribution in [1.29, 1.82) is 0 Å².